The van der Waals surface area contributed by atoms with Crippen molar-refractivity contribution in [1.82, 2.24) is 4.57 Å². The first-order valence-corrected chi connectivity index (χ1v) is 11.4. The summed E-state index contributed by atoms with van der Waals surface area (Å²) in [7, 11) is 0. The van der Waals surface area contributed by atoms with Crippen molar-refractivity contribution >= 4 is 60.5 Å². The zero-order valence-electron chi connectivity index (χ0n) is 16.5. The van der Waals surface area contributed by atoms with Gasteiger partial charge in [-0.2, -0.15) is 4.99 Å². The smallest absolute Gasteiger partial charge is 0.291 e. The summed E-state index contributed by atoms with van der Waals surface area (Å²) < 4.78 is 9.72. The lowest BCUT2D eigenvalue weighted by Gasteiger charge is -2.07. The average molecular weight is 445 g/mol. The van der Waals surface area contributed by atoms with E-state index in [0.29, 0.717) is 34.5 Å². The van der Waals surface area contributed by atoms with Crippen LogP contribution < -0.4 is 4.80 Å². The highest BCUT2D eigenvalue weighted by Gasteiger charge is 2.17. The first-order valence-electron chi connectivity index (χ1n) is 9.44. The molecule has 29 heavy (non-hydrogen) atoms. The number of benzene rings is 2. The number of fused-ring (bicyclic) bond motifs is 2. The Bertz CT molecular complexity index is 1280. The molecule has 0 saturated carbocycles. The highest BCUT2D eigenvalue weighted by molar-refractivity contribution is 7.21. The quantitative estimate of drug-likeness (QED) is 0.356. The average Bonchev–Trinajstić information content (AvgIpc) is 3.20. The number of rotatable bonds is 5. The number of halogens is 1. The molecule has 7 heteroatoms. The minimum atomic E-state index is -0.304. The fourth-order valence-corrected chi connectivity index (χ4v) is 5.74. The first-order chi connectivity index (χ1) is 14.0. The van der Waals surface area contributed by atoms with Crippen LogP contribution in [-0.2, 0) is 11.3 Å². The van der Waals surface area contributed by atoms with E-state index < -0.39 is 0 Å². The number of carbonyl (C=O) groups is 1. The van der Waals surface area contributed by atoms with Gasteiger partial charge in [-0.15, -0.1) is 11.3 Å². The molecule has 4 rings (SSSR count). The van der Waals surface area contributed by atoms with Crippen LogP contribution in [0.1, 0.15) is 27.7 Å². The molecule has 0 N–H and O–H groups in total. The van der Waals surface area contributed by atoms with Gasteiger partial charge in [0.25, 0.3) is 5.91 Å². The standard InChI is InChI=1S/C22H21ClN2O2S2/c1-4-27-10-9-25-16-11-13(2)14(3)12-18(16)29-22(25)24-21(26)20-19(23)15-7-5-6-8-17(15)28-20/h5-8,11-12H,4,9-10H2,1-3H3. The lowest BCUT2D eigenvalue weighted by molar-refractivity contribution is 0.100. The Labute approximate surface area is 182 Å². The van der Waals surface area contributed by atoms with Gasteiger partial charge in [0.15, 0.2) is 4.80 Å². The molecule has 0 unspecified atom stereocenters. The fourth-order valence-electron chi connectivity index (χ4n) is 3.21. The highest BCUT2D eigenvalue weighted by atomic mass is 35.5. The Morgan fingerprint density at radius 3 is 2.66 bits per heavy atom. The van der Waals surface area contributed by atoms with Crippen LogP contribution in [0, 0.1) is 13.8 Å². The predicted molar refractivity (Wildman–Crippen MR) is 123 cm³/mol. The van der Waals surface area contributed by atoms with Crippen molar-refractivity contribution in [1.29, 1.82) is 0 Å². The summed E-state index contributed by atoms with van der Waals surface area (Å²) in [6.45, 7) is 8.03. The maximum Gasteiger partial charge on any atom is 0.291 e. The predicted octanol–water partition coefficient (Wildman–Crippen LogP) is 5.97. The molecule has 0 aliphatic heterocycles. The number of ether oxygens (including phenoxy) is 1. The minimum absolute atomic E-state index is 0.304. The van der Waals surface area contributed by atoms with E-state index in [1.807, 2.05) is 31.2 Å². The molecule has 0 radical (unpaired) electrons. The maximum atomic E-state index is 13.0. The van der Waals surface area contributed by atoms with E-state index in [1.165, 1.54) is 33.8 Å². The van der Waals surface area contributed by atoms with Crippen molar-refractivity contribution < 1.29 is 9.53 Å². The number of amides is 1. The normalized spacial score (nSPS) is 12.3. The van der Waals surface area contributed by atoms with Crippen molar-refractivity contribution in [2.24, 2.45) is 4.99 Å². The van der Waals surface area contributed by atoms with Crippen molar-refractivity contribution in [2.45, 2.75) is 27.3 Å². The molecule has 0 atom stereocenters. The summed E-state index contributed by atoms with van der Waals surface area (Å²) in [6, 6.07) is 12.1. The van der Waals surface area contributed by atoms with Gasteiger partial charge in [0.1, 0.15) is 4.88 Å². The molecule has 0 saturated heterocycles. The van der Waals surface area contributed by atoms with Crippen LogP contribution in [-0.4, -0.2) is 23.7 Å². The second kappa shape index (κ2) is 8.40. The largest absolute Gasteiger partial charge is 0.380 e. The van der Waals surface area contributed by atoms with Crippen LogP contribution in [0.5, 0.6) is 0 Å². The molecule has 0 fully saturated rings. The van der Waals surface area contributed by atoms with Gasteiger partial charge in [-0.05, 0) is 50.1 Å². The summed E-state index contributed by atoms with van der Waals surface area (Å²) in [4.78, 5) is 18.6. The third-order valence-electron chi connectivity index (χ3n) is 4.89. The number of carbonyl (C=O) groups excluding carboxylic acids is 1. The van der Waals surface area contributed by atoms with Crippen LogP contribution in [0.3, 0.4) is 0 Å². The van der Waals surface area contributed by atoms with E-state index in [-0.39, 0.29) is 5.91 Å². The van der Waals surface area contributed by atoms with E-state index in [0.717, 1.165) is 20.3 Å². The number of nitrogens with zero attached hydrogens (tertiary/aromatic N) is 2. The molecular formula is C22H21ClN2O2S2. The first kappa shape index (κ1) is 20.3. The third kappa shape index (κ3) is 3.90. The minimum Gasteiger partial charge on any atom is -0.380 e. The van der Waals surface area contributed by atoms with Crippen molar-refractivity contribution in [2.75, 3.05) is 13.2 Å². The Morgan fingerprint density at radius 1 is 1.14 bits per heavy atom. The molecule has 4 nitrogen and oxygen atoms in total. The van der Waals surface area contributed by atoms with Crippen molar-refractivity contribution in [3.05, 3.63) is 62.2 Å². The van der Waals surface area contributed by atoms with Gasteiger partial charge in [0, 0.05) is 23.2 Å². The number of hydrogen-bond acceptors (Lipinski definition) is 4. The molecule has 0 spiro atoms. The molecule has 0 aliphatic carbocycles. The Hall–Kier alpha value is -1.99. The second-order valence-electron chi connectivity index (χ2n) is 6.80. The fraction of sp³-hybridized carbons (Fsp3) is 0.273. The van der Waals surface area contributed by atoms with E-state index >= 15 is 0 Å². The number of aryl methyl sites for hydroxylation is 2. The van der Waals surface area contributed by atoms with Gasteiger partial charge < -0.3 is 9.30 Å². The molecule has 4 aromatic rings. The molecule has 150 valence electrons. The number of hydrogen-bond donors (Lipinski definition) is 0. The maximum absolute atomic E-state index is 13.0. The van der Waals surface area contributed by atoms with Crippen molar-refractivity contribution in [3.8, 4) is 0 Å². The number of thiophene rings is 1. The summed E-state index contributed by atoms with van der Waals surface area (Å²) in [6.07, 6.45) is 0. The Balaban J connectivity index is 1.84. The Kier molecular flexibility index (Phi) is 5.88. The number of aromatic nitrogens is 1. The summed E-state index contributed by atoms with van der Waals surface area (Å²) >= 11 is 9.39. The van der Waals surface area contributed by atoms with Gasteiger partial charge in [-0.25, -0.2) is 0 Å². The van der Waals surface area contributed by atoms with Crippen molar-refractivity contribution in [3.63, 3.8) is 0 Å². The molecule has 2 heterocycles. The molecule has 0 bridgehead atoms. The lowest BCUT2D eigenvalue weighted by Crippen LogP contribution is -2.19. The zero-order valence-corrected chi connectivity index (χ0v) is 18.9. The van der Waals surface area contributed by atoms with Crippen LogP contribution in [0.15, 0.2) is 41.4 Å². The zero-order chi connectivity index (χ0) is 20.5. The topological polar surface area (TPSA) is 43.6 Å². The van der Waals surface area contributed by atoms with Gasteiger partial charge in [-0.3, -0.25) is 4.79 Å². The Morgan fingerprint density at radius 2 is 1.90 bits per heavy atom. The molecule has 2 aromatic carbocycles. The van der Waals surface area contributed by atoms with Gasteiger partial charge in [-0.1, -0.05) is 41.1 Å². The summed E-state index contributed by atoms with van der Waals surface area (Å²) in [5, 5.41) is 1.37. The lowest BCUT2D eigenvalue weighted by atomic mass is 10.1. The van der Waals surface area contributed by atoms with Gasteiger partial charge in [0.2, 0.25) is 0 Å². The molecular weight excluding hydrogens is 424 g/mol. The van der Waals surface area contributed by atoms with E-state index in [9.17, 15) is 4.79 Å². The van der Waals surface area contributed by atoms with Gasteiger partial charge in [0.05, 0.1) is 21.8 Å². The monoisotopic (exact) mass is 444 g/mol. The highest BCUT2D eigenvalue weighted by Crippen LogP contribution is 2.35. The van der Waals surface area contributed by atoms with Crippen LogP contribution in [0.4, 0.5) is 0 Å². The molecule has 1 amide bonds. The van der Waals surface area contributed by atoms with Gasteiger partial charge >= 0.3 is 0 Å². The molecule has 0 aliphatic rings. The van der Waals surface area contributed by atoms with E-state index in [2.05, 4.69) is 35.5 Å². The van der Waals surface area contributed by atoms with Crippen LogP contribution in [0.25, 0.3) is 20.3 Å². The third-order valence-corrected chi connectivity index (χ3v) is 7.59. The SMILES string of the molecule is CCOCCn1c(=NC(=O)c2sc3ccccc3c2Cl)sc2cc(C)c(C)cc21. The van der Waals surface area contributed by atoms with E-state index in [1.54, 1.807) is 0 Å². The van der Waals surface area contributed by atoms with E-state index in [4.69, 9.17) is 16.3 Å². The second-order valence-corrected chi connectivity index (χ2v) is 9.23. The summed E-state index contributed by atoms with van der Waals surface area (Å²) in [5.41, 5.74) is 3.51. The van der Waals surface area contributed by atoms with Crippen LogP contribution in [0.2, 0.25) is 5.02 Å². The number of thiazole rings is 1. The summed E-state index contributed by atoms with van der Waals surface area (Å²) in [5.74, 6) is -0.304. The molecule has 2 aromatic heterocycles. The van der Waals surface area contributed by atoms with Crippen LogP contribution >= 0.6 is 34.3 Å².